The molecule has 0 saturated carbocycles. The lowest BCUT2D eigenvalue weighted by Crippen LogP contribution is -2.35. The van der Waals surface area contributed by atoms with Gasteiger partial charge in [-0.15, -0.1) is 0 Å². The van der Waals surface area contributed by atoms with Crippen LogP contribution in [0.15, 0.2) is 18.3 Å². The van der Waals surface area contributed by atoms with Gasteiger partial charge in [0.2, 0.25) is 0 Å². The van der Waals surface area contributed by atoms with Crippen LogP contribution in [-0.2, 0) is 0 Å². The van der Waals surface area contributed by atoms with Crippen molar-refractivity contribution in [2.75, 3.05) is 11.9 Å². The van der Waals surface area contributed by atoms with Crippen molar-refractivity contribution in [3.05, 3.63) is 24.0 Å². The summed E-state index contributed by atoms with van der Waals surface area (Å²) in [4.78, 5) is 3.95. The van der Waals surface area contributed by atoms with Crippen molar-refractivity contribution in [2.24, 2.45) is 5.92 Å². The van der Waals surface area contributed by atoms with Gasteiger partial charge in [-0.05, 0) is 31.4 Å². The summed E-state index contributed by atoms with van der Waals surface area (Å²) in [6.07, 6.45) is 2.29. The third kappa shape index (κ3) is 4.41. The minimum absolute atomic E-state index is 0.354. The van der Waals surface area contributed by atoms with E-state index in [1.807, 2.05) is 6.07 Å². The number of nitrogens with zero attached hydrogens (tertiary/aromatic N) is 2. The lowest BCUT2D eigenvalue weighted by Gasteiger charge is -2.26. The molecule has 4 nitrogen and oxygen atoms in total. The predicted molar refractivity (Wildman–Crippen MR) is 67.5 cm³/mol. The average molecular weight is 233 g/mol. The van der Waals surface area contributed by atoms with E-state index in [4.69, 9.17) is 5.26 Å². The first-order valence-electron chi connectivity index (χ1n) is 5.76. The SMILES string of the molecule is CC(C)CC(C)(O)CNc1cccnc1C#N. The van der Waals surface area contributed by atoms with E-state index in [0.717, 1.165) is 0 Å². The number of hydrogen-bond acceptors (Lipinski definition) is 4. The largest absolute Gasteiger partial charge is 0.388 e. The molecule has 1 atom stereocenters. The van der Waals surface area contributed by atoms with Gasteiger partial charge in [0.25, 0.3) is 0 Å². The lowest BCUT2D eigenvalue weighted by atomic mass is 9.94. The second kappa shape index (κ2) is 5.65. The Morgan fingerprint density at radius 1 is 1.59 bits per heavy atom. The molecule has 1 aromatic rings. The predicted octanol–water partition coefficient (Wildman–Crippen LogP) is 2.16. The third-order valence-corrected chi connectivity index (χ3v) is 2.42. The van der Waals surface area contributed by atoms with Crippen molar-refractivity contribution in [2.45, 2.75) is 32.8 Å². The van der Waals surface area contributed by atoms with E-state index in [-0.39, 0.29) is 0 Å². The van der Waals surface area contributed by atoms with E-state index in [0.29, 0.717) is 30.3 Å². The zero-order valence-electron chi connectivity index (χ0n) is 10.6. The number of hydrogen-bond donors (Lipinski definition) is 2. The van der Waals surface area contributed by atoms with Gasteiger partial charge in [-0.2, -0.15) is 5.26 Å². The summed E-state index contributed by atoms with van der Waals surface area (Å²) in [6, 6.07) is 5.57. The van der Waals surface area contributed by atoms with E-state index < -0.39 is 5.60 Å². The number of rotatable bonds is 5. The maximum atomic E-state index is 10.1. The summed E-state index contributed by atoms with van der Waals surface area (Å²) < 4.78 is 0. The number of pyridine rings is 1. The first kappa shape index (κ1) is 13.5. The monoisotopic (exact) mass is 233 g/mol. The number of nitrogens with one attached hydrogen (secondary N) is 1. The van der Waals surface area contributed by atoms with E-state index in [9.17, 15) is 5.11 Å². The molecule has 1 unspecified atom stereocenters. The van der Waals surface area contributed by atoms with Gasteiger partial charge in [-0.25, -0.2) is 4.98 Å². The van der Waals surface area contributed by atoms with Crippen molar-refractivity contribution in [3.63, 3.8) is 0 Å². The molecule has 0 aromatic carbocycles. The molecule has 0 aliphatic carbocycles. The van der Waals surface area contributed by atoms with Crippen LogP contribution in [0.1, 0.15) is 32.9 Å². The summed E-state index contributed by atoms with van der Waals surface area (Å²) in [5.74, 6) is 0.427. The second-order valence-electron chi connectivity index (χ2n) is 4.96. The van der Waals surface area contributed by atoms with Gasteiger partial charge in [0.15, 0.2) is 5.69 Å². The zero-order chi connectivity index (χ0) is 12.9. The molecule has 4 heteroatoms. The van der Waals surface area contributed by atoms with Crippen LogP contribution in [0.2, 0.25) is 0 Å². The Hall–Kier alpha value is -1.60. The van der Waals surface area contributed by atoms with E-state index in [1.54, 1.807) is 25.3 Å². The Balaban J connectivity index is 2.64. The molecule has 1 heterocycles. The summed E-state index contributed by atoms with van der Waals surface area (Å²) in [5.41, 5.74) is 0.239. The summed E-state index contributed by atoms with van der Waals surface area (Å²) in [6.45, 7) is 6.34. The molecule has 0 bridgehead atoms. The maximum Gasteiger partial charge on any atom is 0.163 e. The standard InChI is InChI=1S/C13H19N3O/c1-10(2)7-13(3,17)9-16-11-5-4-6-15-12(11)8-14/h4-6,10,16-17H,7,9H2,1-3H3. The highest BCUT2D eigenvalue weighted by Crippen LogP contribution is 2.18. The van der Waals surface area contributed by atoms with Gasteiger partial charge >= 0.3 is 0 Å². The number of aliphatic hydroxyl groups is 1. The molecular weight excluding hydrogens is 214 g/mol. The highest BCUT2D eigenvalue weighted by molar-refractivity contribution is 5.53. The van der Waals surface area contributed by atoms with Crippen LogP contribution in [-0.4, -0.2) is 22.2 Å². The van der Waals surface area contributed by atoms with Gasteiger partial charge in [0.05, 0.1) is 11.3 Å². The molecule has 2 N–H and O–H groups in total. The molecule has 0 radical (unpaired) electrons. The normalized spacial score (nSPS) is 14.1. The first-order chi connectivity index (χ1) is 7.94. The molecule has 0 aliphatic heterocycles. The molecule has 0 spiro atoms. The van der Waals surface area contributed by atoms with Gasteiger partial charge in [0.1, 0.15) is 6.07 Å². The fourth-order valence-corrected chi connectivity index (χ4v) is 1.87. The van der Waals surface area contributed by atoms with Crippen molar-refractivity contribution < 1.29 is 5.11 Å². The highest BCUT2D eigenvalue weighted by atomic mass is 16.3. The molecule has 0 aliphatic rings. The second-order valence-corrected chi connectivity index (χ2v) is 4.96. The topological polar surface area (TPSA) is 68.9 Å². The van der Waals surface area contributed by atoms with Crippen molar-refractivity contribution in [1.29, 1.82) is 5.26 Å². The fraction of sp³-hybridized carbons (Fsp3) is 0.538. The zero-order valence-corrected chi connectivity index (χ0v) is 10.6. The third-order valence-electron chi connectivity index (χ3n) is 2.42. The Labute approximate surface area is 102 Å². The minimum Gasteiger partial charge on any atom is -0.388 e. The van der Waals surface area contributed by atoms with Crippen LogP contribution in [0, 0.1) is 17.2 Å². The molecule has 1 aromatic heterocycles. The Kier molecular flexibility index (Phi) is 4.47. The lowest BCUT2D eigenvalue weighted by molar-refractivity contribution is 0.0515. The van der Waals surface area contributed by atoms with Gasteiger partial charge in [0, 0.05) is 12.7 Å². The van der Waals surface area contributed by atoms with Gasteiger partial charge < -0.3 is 10.4 Å². The molecule has 92 valence electrons. The van der Waals surface area contributed by atoms with Crippen molar-refractivity contribution in [3.8, 4) is 6.07 Å². The Morgan fingerprint density at radius 2 is 2.29 bits per heavy atom. The first-order valence-corrected chi connectivity index (χ1v) is 5.76. The van der Waals surface area contributed by atoms with Crippen LogP contribution in [0.3, 0.4) is 0 Å². The molecule has 0 amide bonds. The van der Waals surface area contributed by atoms with Gasteiger partial charge in [-0.1, -0.05) is 13.8 Å². The molecule has 0 saturated heterocycles. The summed E-state index contributed by atoms with van der Waals surface area (Å²) >= 11 is 0. The molecule has 17 heavy (non-hydrogen) atoms. The number of aromatic nitrogens is 1. The Morgan fingerprint density at radius 3 is 2.88 bits per heavy atom. The minimum atomic E-state index is -0.781. The van der Waals surface area contributed by atoms with Crippen LogP contribution < -0.4 is 5.32 Å². The van der Waals surface area contributed by atoms with Gasteiger partial charge in [-0.3, -0.25) is 0 Å². The smallest absolute Gasteiger partial charge is 0.163 e. The van der Waals surface area contributed by atoms with Crippen LogP contribution in [0.4, 0.5) is 5.69 Å². The Bertz CT molecular complexity index is 407. The van der Waals surface area contributed by atoms with Crippen LogP contribution in [0.5, 0.6) is 0 Å². The van der Waals surface area contributed by atoms with Crippen molar-refractivity contribution >= 4 is 5.69 Å². The highest BCUT2D eigenvalue weighted by Gasteiger charge is 2.21. The molecular formula is C13H19N3O. The van der Waals surface area contributed by atoms with Crippen LogP contribution in [0.25, 0.3) is 0 Å². The molecule has 0 fully saturated rings. The van der Waals surface area contributed by atoms with E-state index in [1.165, 1.54) is 0 Å². The molecule has 1 rings (SSSR count). The number of nitriles is 1. The summed E-state index contributed by atoms with van der Waals surface area (Å²) in [5, 5.41) is 22.1. The van der Waals surface area contributed by atoms with E-state index >= 15 is 0 Å². The fourth-order valence-electron chi connectivity index (χ4n) is 1.87. The van der Waals surface area contributed by atoms with E-state index in [2.05, 4.69) is 24.1 Å². The van der Waals surface area contributed by atoms with Crippen LogP contribution >= 0.6 is 0 Å². The van der Waals surface area contributed by atoms with Crippen molar-refractivity contribution in [1.82, 2.24) is 4.98 Å². The number of anilines is 1. The quantitative estimate of drug-likeness (QED) is 0.817. The average Bonchev–Trinajstić information content (AvgIpc) is 2.25. The summed E-state index contributed by atoms with van der Waals surface area (Å²) in [7, 11) is 0. The maximum absolute atomic E-state index is 10.1.